The molecule has 22 heavy (non-hydrogen) atoms. The van der Waals surface area contributed by atoms with Crippen LogP contribution in [-0.2, 0) is 15.8 Å². The Balaban J connectivity index is 3.47. The highest BCUT2D eigenvalue weighted by molar-refractivity contribution is 6.22. The minimum atomic E-state index is -4.89. The molecule has 0 spiro atoms. The van der Waals surface area contributed by atoms with Crippen LogP contribution < -0.4 is 5.11 Å². The van der Waals surface area contributed by atoms with Crippen LogP contribution in [0.4, 0.5) is 18.9 Å². The first-order valence-electron chi connectivity index (χ1n) is 5.58. The molecule has 0 saturated heterocycles. The molecule has 0 aliphatic carbocycles. The predicted molar refractivity (Wildman–Crippen MR) is 61.6 cm³/mol. The smallest absolute Gasteiger partial charge is 0.416 e. The predicted octanol–water partition coefficient (Wildman–Crippen LogP) is 0.751. The molecule has 1 aromatic carbocycles. The number of hydrogen-bond acceptors (Lipinski definition) is 6. The topological polar surface area (TPSA) is 117 Å². The van der Waals surface area contributed by atoms with E-state index in [4.69, 9.17) is 0 Å². The Bertz CT molecular complexity index is 653. The number of nitrogens with zero attached hydrogens (tertiary/aromatic N) is 1. The van der Waals surface area contributed by atoms with Gasteiger partial charge in [-0.25, -0.2) is 0 Å². The van der Waals surface area contributed by atoms with Crippen LogP contribution in [0.25, 0.3) is 0 Å². The first-order chi connectivity index (χ1) is 9.96. The second kappa shape index (κ2) is 5.92. The summed E-state index contributed by atoms with van der Waals surface area (Å²) in [4.78, 5) is 43.3. The number of ketones is 2. The van der Waals surface area contributed by atoms with Crippen molar-refractivity contribution >= 4 is 23.2 Å². The van der Waals surface area contributed by atoms with E-state index in [2.05, 4.69) is 0 Å². The summed E-state index contributed by atoms with van der Waals surface area (Å²) < 4.78 is 37.5. The van der Waals surface area contributed by atoms with Gasteiger partial charge < -0.3 is 9.90 Å². The number of Topliss-reactive ketones (excluding diaryl/α,β-unsaturated/α-hetero) is 2. The van der Waals surface area contributed by atoms with Gasteiger partial charge in [0, 0.05) is 6.07 Å². The number of carboxylic acid groups (broad SMARTS) is 1. The van der Waals surface area contributed by atoms with E-state index in [1.54, 1.807) is 0 Å². The average molecular weight is 318 g/mol. The third-order valence-corrected chi connectivity index (χ3v) is 2.69. The number of nitro benzene ring substituents is 1. The monoisotopic (exact) mass is 318 g/mol. The molecule has 0 N–H and O–H groups in total. The van der Waals surface area contributed by atoms with Crippen LogP contribution in [0.15, 0.2) is 18.2 Å². The lowest BCUT2D eigenvalue weighted by Gasteiger charge is -2.14. The molecule has 1 unspecified atom stereocenters. The molecule has 0 fully saturated rings. The number of rotatable bonds is 5. The highest BCUT2D eigenvalue weighted by Crippen LogP contribution is 2.33. The van der Waals surface area contributed by atoms with E-state index in [1.807, 2.05) is 0 Å². The zero-order chi connectivity index (χ0) is 17.2. The van der Waals surface area contributed by atoms with Crippen molar-refractivity contribution in [3.8, 4) is 0 Å². The van der Waals surface area contributed by atoms with Crippen molar-refractivity contribution in [1.29, 1.82) is 0 Å². The molecule has 1 atom stereocenters. The lowest BCUT2D eigenvalue weighted by atomic mass is 9.92. The molecule has 7 nitrogen and oxygen atoms in total. The maximum absolute atomic E-state index is 12.5. The number of hydrogen-bond donors (Lipinski definition) is 0. The van der Waals surface area contributed by atoms with Gasteiger partial charge in [-0.2, -0.15) is 13.2 Å². The summed E-state index contributed by atoms with van der Waals surface area (Å²) in [5, 5.41) is 21.6. The van der Waals surface area contributed by atoms with Crippen LogP contribution in [0.5, 0.6) is 0 Å². The summed E-state index contributed by atoms with van der Waals surface area (Å²) in [7, 11) is 0. The molecule has 0 aliphatic rings. The van der Waals surface area contributed by atoms with Gasteiger partial charge in [-0.3, -0.25) is 19.7 Å². The molecule has 0 aromatic heterocycles. The number of halogens is 3. The summed E-state index contributed by atoms with van der Waals surface area (Å²) in [5.74, 6) is -7.07. The molecule has 118 valence electrons. The number of alkyl halides is 3. The highest BCUT2D eigenvalue weighted by atomic mass is 19.4. The highest BCUT2D eigenvalue weighted by Gasteiger charge is 2.36. The van der Waals surface area contributed by atoms with E-state index in [0.717, 1.165) is 6.92 Å². The SMILES string of the molecule is CC(=O)C(C(=O)[O-])C(=O)c1ccc(C(F)(F)F)cc1[N+](=O)[O-]. The fourth-order valence-corrected chi connectivity index (χ4v) is 1.68. The van der Waals surface area contributed by atoms with Gasteiger partial charge in [0.2, 0.25) is 0 Å². The summed E-state index contributed by atoms with van der Waals surface area (Å²) in [5.41, 5.74) is -3.54. The van der Waals surface area contributed by atoms with Crippen LogP contribution in [0.2, 0.25) is 0 Å². The van der Waals surface area contributed by atoms with Crippen LogP contribution in [0.3, 0.4) is 0 Å². The maximum Gasteiger partial charge on any atom is 0.416 e. The van der Waals surface area contributed by atoms with Gasteiger partial charge in [0.05, 0.1) is 22.0 Å². The van der Waals surface area contributed by atoms with Crippen molar-refractivity contribution in [2.75, 3.05) is 0 Å². The van der Waals surface area contributed by atoms with Crippen LogP contribution in [0, 0.1) is 16.0 Å². The van der Waals surface area contributed by atoms with Gasteiger partial charge in [-0.15, -0.1) is 0 Å². The van der Waals surface area contributed by atoms with Gasteiger partial charge in [-0.1, -0.05) is 0 Å². The molecule has 0 bridgehead atoms. The normalized spacial score (nSPS) is 12.5. The fourth-order valence-electron chi connectivity index (χ4n) is 1.68. The van der Waals surface area contributed by atoms with E-state index in [0.29, 0.717) is 12.1 Å². The Morgan fingerprint density at radius 1 is 1.23 bits per heavy atom. The first kappa shape index (κ1) is 17.3. The first-order valence-corrected chi connectivity index (χ1v) is 5.58. The lowest BCUT2D eigenvalue weighted by molar-refractivity contribution is -0.385. The summed E-state index contributed by atoms with van der Waals surface area (Å²) in [6.45, 7) is 0.744. The van der Waals surface area contributed by atoms with Gasteiger partial charge in [-0.05, 0) is 19.1 Å². The number of carbonyl (C=O) groups is 3. The van der Waals surface area contributed by atoms with Gasteiger partial charge >= 0.3 is 6.18 Å². The Labute approximate surface area is 120 Å². The second-order valence-electron chi connectivity index (χ2n) is 4.21. The molecular formula is C12H7F3NO6-. The lowest BCUT2D eigenvalue weighted by Crippen LogP contribution is -2.40. The summed E-state index contributed by atoms with van der Waals surface area (Å²) in [6, 6.07) is 0.939. The minimum Gasteiger partial charge on any atom is -0.549 e. The van der Waals surface area contributed by atoms with Gasteiger partial charge in [0.15, 0.2) is 5.78 Å². The maximum atomic E-state index is 12.5. The molecule has 0 saturated carbocycles. The third kappa shape index (κ3) is 3.45. The van der Waals surface area contributed by atoms with Crippen LogP contribution >= 0.6 is 0 Å². The zero-order valence-corrected chi connectivity index (χ0v) is 10.8. The van der Waals surface area contributed by atoms with Gasteiger partial charge in [0.25, 0.3) is 5.69 Å². The molecule has 10 heteroatoms. The number of nitro groups is 1. The van der Waals surface area contributed by atoms with E-state index in [-0.39, 0.29) is 6.07 Å². The number of carboxylic acids is 1. The molecular weight excluding hydrogens is 311 g/mol. The Hall–Kier alpha value is -2.78. The molecule has 1 rings (SSSR count). The quantitative estimate of drug-likeness (QED) is 0.342. The van der Waals surface area contributed by atoms with E-state index < -0.39 is 51.4 Å². The Kier molecular flexibility index (Phi) is 4.64. The molecule has 0 amide bonds. The number of benzene rings is 1. The standard InChI is InChI=1S/C12H8F3NO6/c1-5(17)9(11(19)20)10(18)7-3-2-6(12(13,14)15)4-8(7)16(21)22/h2-4,9H,1H3,(H,19,20)/p-1. The largest absolute Gasteiger partial charge is 0.549 e. The fraction of sp³-hybridized carbons (Fsp3) is 0.250. The Morgan fingerprint density at radius 2 is 1.77 bits per heavy atom. The number of carbonyl (C=O) groups excluding carboxylic acids is 3. The van der Waals surface area contributed by atoms with Crippen LogP contribution in [-0.4, -0.2) is 22.5 Å². The van der Waals surface area contributed by atoms with E-state index >= 15 is 0 Å². The summed E-state index contributed by atoms with van der Waals surface area (Å²) >= 11 is 0. The van der Waals surface area contributed by atoms with Crippen molar-refractivity contribution < 1.29 is 37.6 Å². The molecule has 0 heterocycles. The molecule has 1 aromatic rings. The van der Waals surface area contributed by atoms with E-state index in [9.17, 15) is 42.8 Å². The van der Waals surface area contributed by atoms with Crippen molar-refractivity contribution in [3.63, 3.8) is 0 Å². The zero-order valence-electron chi connectivity index (χ0n) is 10.8. The Morgan fingerprint density at radius 3 is 2.14 bits per heavy atom. The minimum absolute atomic E-state index is 0.0969. The average Bonchev–Trinajstić information content (AvgIpc) is 2.35. The molecule has 0 radical (unpaired) electrons. The van der Waals surface area contributed by atoms with Crippen LogP contribution in [0.1, 0.15) is 22.8 Å². The van der Waals surface area contributed by atoms with E-state index in [1.165, 1.54) is 0 Å². The van der Waals surface area contributed by atoms with Gasteiger partial charge in [0.1, 0.15) is 11.7 Å². The third-order valence-electron chi connectivity index (χ3n) is 2.69. The second-order valence-corrected chi connectivity index (χ2v) is 4.21. The molecule has 0 aliphatic heterocycles. The van der Waals surface area contributed by atoms with Crippen molar-refractivity contribution in [2.24, 2.45) is 5.92 Å². The number of aliphatic carboxylic acids is 1. The van der Waals surface area contributed by atoms with Crippen molar-refractivity contribution in [2.45, 2.75) is 13.1 Å². The van der Waals surface area contributed by atoms with Crippen molar-refractivity contribution in [1.82, 2.24) is 0 Å². The van der Waals surface area contributed by atoms with Crippen molar-refractivity contribution in [3.05, 3.63) is 39.4 Å². The summed E-state index contributed by atoms with van der Waals surface area (Å²) in [6.07, 6.45) is -4.89.